The van der Waals surface area contributed by atoms with E-state index in [0.29, 0.717) is 30.2 Å². The molecule has 1 N–H and O–H groups in total. The lowest BCUT2D eigenvalue weighted by molar-refractivity contribution is 0.0991. The SMILES string of the molecule is Cc1cc(C(=O)Nc2cccc(CS(=O)C3CCOCC3)c2)c(C)n1-c1nccs1. The average molecular weight is 444 g/mol. The second-order valence-corrected chi connectivity index (χ2v) is 10.0. The number of aromatic nitrogens is 2. The molecule has 1 saturated heterocycles. The summed E-state index contributed by atoms with van der Waals surface area (Å²) in [6.45, 7) is 5.27. The molecule has 6 nitrogen and oxygen atoms in total. The van der Waals surface area contributed by atoms with E-state index < -0.39 is 10.8 Å². The van der Waals surface area contributed by atoms with Gasteiger partial charge in [-0.05, 0) is 50.5 Å². The number of anilines is 1. The van der Waals surface area contributed by atoms with E-state index >= 15 is 0 Å². The minimum atomic E-state index is -0.937. The van der Waals surface area contributed by atoms with Crippen molar-refractivity contribution in [2.45, 2.75) is 37.7 Å². The van der Waals surface area contributed by atoms with Gasteiger partial charge in [0, 0.05) is 63.7 Å². The van der Waals surface area contributed by atoms with Crippen molar-refractivity contribution in [3.8, 4) is 5.13 Å². The van der Waals surface area contributed by atoms with Gasteiger partial charge in [-0.15, -0.1) is 11.3 Å². The molecule has 0 saturated carbocycles. The quantitative estimate of drug-likeness (QED) is 0.619. The molecule has 0 bridgehead atoms. The first-order valence-electron chi connectivity index (χ1n) is 9.97. The van der Waals surface area contributed by atoms with E-state index in [9.17, 15) is 9.00 Å². The molecule has 1 aromatic carbocycles. The van der Waals surface area contributed by atoms with Crippen LogP contribution in [0.2, 0.25) is 0 Å². The summed E-state index contributed by atoms with van der Waals surface area (Å²) in [7, 11) is -0.937. The summed E-state index contributed by atoms with van der Waals surface area (Å²) in [5.74, 6) is 0.334. The molecule has 1 amide bonds. The fourth-order valence-electron chi connectivity index (χ4n) is 3.77. The fourth-order valence-corrected chi connectivity index (χ4v) is 5.99. The van der Waals surface area contributed by atoms with Gasteiger partial charge >= 0.3 is 0 Å². The van der Waals surface area contributed by atoms with Crippen molar-refractivity contribution in [3.05, 3.63) is 64.4 Å². The average Bonchev–Trinajstić information content (AvgIpc) is 3.36. The first-order valence-corrected chi connectivity index (χ1v) is 12.2. The Kier molecular flexibility index (Phi) is 6.46. The first kappa shape index (κ1) is 21.0. The zero-order chi connectivity index (χ0) is 21.1. The number of hydrogen-bond donors (Lipinski definition) is 1. The van der Waals surface area contributed by atoms with Gasteiger partial charge in [0.25, 0.3) is 5.91 Å². The van der Waals surface area contributed by atoms with Crippen molar-refractivity contribution in [1.29, 1.82) is 0 Å². The maximum atomic E-state index is 12.9. The highest BCUT2D eigenvalue weighted by atomic mass is 32.2. The molecule has 30 heavy (non-hydrogen) atoms. The molecular weight excluding hydrogens is 418 g/mol. The molecule has 1 atom stereocenters. The summed E-state index contributed by atoms with van der Waals surface area (Å²) in [5.41, 5.74) is 4.12. The largest absolute Gasteiger partial charge is 0.381 e. The Balaban J connectivity index is 1.47. The normalized spacial score (nSPS) is 15.8. The summed E-state index contributed by atoms with van der Waals surface area (Å²) < 4.78 is 20.0. The van der Waals surface area contributed by atoms with Gasteiger partial charge in [-0.2, -0.15) is 0 Å². The molecule has 3 aromatic rings. The Morgan fingerprint density at radius 1 is 1.30 bits per heavy atom. The van der Waals surface area contributed by atoms with E-state index in [-0.39, 0.29) is 11.2 Å². The number of benzene rings is 1. The number of ether oxygens (including phenoxy) is 1. The summed E-state index contributed by atoms with van der Waals surface area (Å²) in [6, 6.07) is 9.51. The predicted octanol–water partition coefficient (Wildman–Crippen LogP) is 4.23. The van der Waals surface area contributed by atoms with Gasteiger partial charge in [0.2, 0.25) is 0 Å². The van der Waals surface area contributed by atoms with Gasteiger partial charge in [0.05, 0.1) is 5.56 Å². The van der Waals surface area contributed by atoms with Gasteiger partial charge < -0.3 is 10.1 Å². The molecule has 158 valence electrons. The number of thiazole rings is 1. The predicted molar refractivity (Wildman–Crippen MR) is 121 cm³/mol. The van der Waals surface area contributed by atoms with E-state index in [1.807, 2.05) is 54.1 Å². The highest BCUT2D eigenvalue weighted by Gasteiger charge is 2.21. The van der Waals surface area contributed by atoms with Gasteiger partial charge in [-0.25, -0.2) is 4.98 Å². The van der Waals surface area contributed by atoms with Crippen molar-refractivity contribution < 1.29 is 13.7 Å². The molecule has 1 fully saturated rings. The lowest BCUT2D eigenvalue weighted by Crippen LogP contribution is -2.25. The maximum Gasteiger partial charge on any atom is 0.257 e. The highest BCUT2D eigenvalue weighted by molar-refractivity contribution is 7.84. The number of rotatable bonds is 6. The number of carbonyl (C=O) groups is 1. The van der Waals surface area contributed by atoms with Crippen LogP contribution >= 0.6 is 11.3 Å². The number of nitrogens with one attached hydrogen (secondary N) is 1. The summed E-state index contributed by atoms with van der Waals surface area (Å²) in [6.07, 6.45) is 3.45. The van der Waals surface area contributed by atoms with E-state index in [1.54, 1.807) is 6.20 Å². The summed E-state index contributed by atoms with van der Waals surface area (Å²) in [4.78, 5) is 17.3. The zero-order valence-electron chi connectivity index (χ0n) is 17.1. The minimum Gasteiger partial charge on any atom is -0.381 e. The maximum absolute atomic E-state index is 12.9. The Bertz CT molecular complexity index is 1050. The lowest BCUT2D eigenvalue weighted by atomic mass is 10.2. The van der Waals surface area contributed by atoms with Crippen LogP contribution in [-0.4, -0.2) is 38.1 Å². The number of amides is 1. The van der Waals surface area contributed by atoms with Crippen LogP contribution in [0.25, 0.3) is 5.13 Å². The molecular formula is C22H25N3O3S2. The van der Waals surface area contributed by atoms with Gasteiger partial charge in [-0.1, -0.05) is 12.1 Å². The van der Waals surface area contributed by atoms with E-state index in [2.05, 4.69) is 10.3 Å². The van der Waals surface area contributed by atoms with Crippen molar-refractivity contribution in [1.82, 2.24) is 9.55 Å². The third-order valence-electron chi connectivity index (χ3n) is 5.32. The van der Waals surface area contributed by atoms with Gasteiger partial charge in [-0.3, -0.25) is 13.6 Å². The number of carbonyl (C=O) groups excluding carboxylic acids is 1. The molecule has 1 aliphatic heterocycles. The number of aryl methyl sites for hydroxylation is 1. The van der Waals surface area contributed by atoms with Crippen molar-refractivity contribution in [2.24, 2.45) is 0 Å². The van der Waals surface area contributed by atoms with E-state index in [4.69, 9.17) is 4.74 Å². The summed E-state index contributed by atoms with van der Waals surface area (Å²) >= 11 is 1.54. The molecule has 1 aliphatic rings. The number of nitrogens with zero attached hydrogens (tertiary/aromatic N) is 2. The van der Waals surface area contributed by atoms with Crippen LogP contribution in [0.3, 0.4) is 0 Å². The Hall–Kier alpha value is -2.29. The van der Waals surface area contributed by atoms with E-state index in [1.165, 1.54) is 11.3 Å². The molecule has 0 aliphatic carbocycles. The third-order valence-corrected chi connectivity index (χ3v) is 7.91. The minimum absolute atomic E-state index is 0.159. The standard InChI is InChI=1S/C22H25N3O3S2/c1-15-12-20(16(2)25(15)22-23-8-11-29-22)21(26)24-18-5-3-4-17(13-18)14-30(27)19-6-9-28-10-7-19/h3-5,8,11-13,19H,6-7,9-10,14H2,1-2H3,(H,24,26). The second kappa shape index (κ2) is 9.24. The molecule has 8 heteroatoms. The van der Waals surface area contributed by atoms with Crippen LogP contribution < -0.4 is 5.32 Å². The molecule has 4 rings (SSSR count). The zero-order valence-corrected chi connectivity index (χ0v) is 18.7. The van der Waals surface area contributed by atoms with Crippen LogP contribution in [0.1, 0.15) is 40.2 Å². The van der Waals surface area contributed by atoms with Crippen molar-refractivity contribution in [3.63, 3.8) is 0 Å². The first-order chi connectivity index (χ1) is 14.5. The van der Waals surface area contributed by atoms with Crippen molar-refractivity contribution >= 4 is 33.7 Å². The second-order valence-electron chi connectivity index (χ2n) is 7.43. The van der Waals surface area contributed by atoms with Gasteiger partial charge in [0.1, 0.15) is 0 Å². The molecule has 0 spiro atoms. The number of hydrogen-bond acceptors (Lipinski definition) is 5. The van der Waals surface area contributed by atoms with Gasteiger partial charge in [0.15, 0.2) is 5.13 Å². The topological polar surface area (TPSA) is 73.2 Å². The Labute approximate surface area is 182 Å². The van der Waals surface area contributed by atoms with Crippen LogP contribution in [0.15, 0.2) is 41.9 Å². The fraction of sp³-hybridized carbons (Fsp3) is 0.364. The van der Waals surface area contributed by atoms with Crippen LogP contribution in [0.5, 0.6) is 0 Å². The van der Waals surface area contributed by atoms with Crippen molar-refractivity contribution in [2.75, 3.05) is 18.5 Å². The Morgan fingerprint density at radius 2 is 2.10 bits per heavy atom. The molecule has 2 aromatic heterocycles. The molecule has 3 heterocycles. The third kappa shape index (κ3) is 4.55. The van der Waals surface area contributed by atoms with Crippen LogP contribution in [0, 0.1) is 13.8 Å². The van der Waals surface area contributed by atoms with E-state index in [0.717, 1.165) is 34.9 Å². The monoisotopic (exact) mass is 443 g/mol. The van der Waals surface area contributed by atoms with Crippen LogP contribution in [0.4, 0.5) is 5.69 Å². The molecule has 0 radical (unpaired) electrons. The molecule has 1 unspecified atom stereocenters. The summed E-state index contributed by atoms with van der Waals surface area (Å²) in [5, 5.41) is 5.95. The Morgan fingerprint density at radius 3 is 2.83 bits per heavy atom. The van der Waals surface area contributed by atoms with Crippen LogP contribution in [-0.2, 0) is 21.3 Å². The lowest BCUT2D eigenvalue weighted by Gasteiger charge is -2.21. The smallest absolute Gasteiger partial charge is 0.257 e. The highest BCUT2D eigenvalue weighted by Crippen LogP contribution is 2.24.